The molecule has 7 heteroatoms. The molecule has 0 radical (unpaired) electrons. The highest BCUT2D eigenvalue weighted by Gasteiger charge is 2.17. The van der Waals surface area contributed by atoms with Crippen LogP contribution in [0.4, 0.5) is 4.39 Å². The lowest BCUT2D eigenvalue weighted by Gasteiger charge is -2.17. The van der Waals surface area contributed by atoms with Crippen molar-refractivity contribution in [3.05, 3.63) is 47.8 Å². The predicted octanol–water partition coefficient (Wildman–Crippen LogP) is -0.129. The van der Waals surface area contributed by atoms with Gasteiger partial charge in [-0.15, -0.1) is 0 Å². The van der Waals surface area contributed by atoms with Crippen LogP contribution in [0.2, 0.25) is 0 Å². The van der Waals surface area contributed by atoms with Crippen LogP contribution in [0.5, 0.6) is 0 Å². The third-order valence-electron chi connectivity index (χ3n) is 3.12. The molecule has 20 heavy (non-hydrogen) atoms. The molecule has 2 rings (SSSR count). The minimum absolute atomic E-state index is 0.104. The summed E-state index contributed by atoms with van der Waals surface area (Å²) < 4.78 is 15.3. The average Bonchev–Trinajstić information content (AvgIpc) is 2.77. The summed E-state index contributed by atoms with van der Waals surface area (Å²) in [6, 6.07) is 4.35. The van der Waals surface area contributed by atoms with Crippen molar-refractivity contribution in [1.29, 1.82) is 0 Å². The summed E-state index contributed by atoms with van der Waals surface area (Å²) in [5.41, 5.74) is 0.708. The van der Waals surface area contributed by atoms with Gasteiger partial charge in [0.1, 0.15) is 11.6 Å². The van der Waals surface area contributed by atoms with E-state index in [9.17, 15) is 4.39 Å². The summed E-state index contributed by atoms with van der Waals surface area (Å²) in [6.07, 6.45) is 3.61. The Morgan fingerprint density at radius 3 is 2.70 bits per heavy atom. The number of rotatable bonds is 5. The zero-order valence-corrected chi connectivity index (χ0v) is 11.5. The molecule has 0 aliphatic carbocycles. The molecule has 1 aromatic carbocycles. The second kappa shape index (κ2) is 6.17. The molecular weight excluding hydrogens is 260 g/mol. The summed E-state index contributed by atoms with van der Waals surface area (Å²) >= 11 is 0. The van der Waals surface area contributed by atoms with E-state index < -0.39 is 12.9 Å². The Bertz CT molecular complexity index is 589. The van der Waals surface area contributed by atoms with Gasteiger partial charge in [-0.2, -0.15) is 0 Å². The van der Waals surface area contributed by atoms with Crippen LogP contribution < -0.4 is 5.46 Å². The first-order chi connectivity index (χ1) is 9.47. The van der Waals surface area contributed by atoms with E-state index in [2.05, 4.69) is 4.98 Å². The van der Waals surface area contributed by atoms with Gasteiger partial charge in [-0.05, 0) is 18.7 Å². The largest absolute Gasteiger partial charge is 0.491 e. The van der Waals surface area contributed by atoms with Gasteiger partial charge in [-0.3, -0.25) is 4.90 Å². The van der Waals surface area contributed by atoms with Crippen LogP contribution in [0, 0.1) is 5.82 Å². The van der Waals surface area contributed by atoms with E-state index in [4.69, 9.17) is 10.0 Å². The van der Waals surface area contributed by atoms with Gasteiger partial charge in [0.05, 0.1) is 6.54 Å². The minimum Gasteiger partial charge on any atom is -0.423 e. The standard InChI is InChI=1S/C13H17BFN3O2/c1-17(9-13-16-5-6-18(13)2)8-10-3-4-12(15)11(7-10)14(19)20/h3-7,19-20H,8-9H2,1-2H3. The van der Waals surface area contributed by atoms with Gasteiger partial charge in [0.25, 0.3) is 0 Å². The van der Waals surface area contributed by atoms with E-state index in [-0.39, 0.29) is 5.46 Å². The third-order valence-corrected chi connectivity index (χ3v) is 3.12. The first-order valence-electron chi connectivity index (χ1n) is 6.26. The van der Waals surface area contributed by atoms with E-state index in [1.165, 1.54) is 12.1 Å². The summed E-state index contributed by atoms with van der Waals surface area (Å²) in [7, 11) is 2.05. The van der Waals surface area contributed by atoms with Crippen LogP contribution in [-0.2, 0) is 20.1 Å². The number of aromatic nitrogens is 2. The van der Waals surface area contributed by atoms with Crippen molar-refractivity contribution in [2.45, 2.75) is 13.1 Å². The number of nitrogens with zero attached hydrogens (tertiary/aromatic N) is 3. The van der Waals surface area contributed by atoms with Crippen LogP contribution in [-0.4, -0.2) is 38.7 Å². The molecule has 0 spiro atoms. The van der Waals surface area contributed by atoms with Crippen molar-refractivity contribution in [1.82, 2.24) is 14.5 Å². The second-order valence-electron chi connectivity index (χ2n) is 4.86. The smallest absolute Gasteiger partial charge is 0.423 e. The minimum atomic E-state index is -1.80. The maximum Gasteiger partial charge on any atom is 0.491 e. The molecule has 0 aliphatic rings. The zero-order valence-electron chi connectivity index (χ0n) is 11.5. The topological polar surface area (TPSA) is 61.5 Å². The lowest BCUT2D eigenvalue weighted by molar-refractivity contribution is 0.307. The van der Waals surface area contributed by atoms with Crippen molar-refractivity contribution in [2.75, 3.05) is 7.05 Å². The summed E-state index contributed by atoms with van der Waals surface area (Å²) in [5.74, 6) is 0.313. The van der Waals surface area contributed by atoms with Gasteiger partial charge >= 0.3 is 7.12 Å². The Morgan fingerprint density at radius 2 is 2.10 bits per heavy atom. The quantitative estimate of drug-likeness (QED) is 0.747. The van der Waals surface area contributed by atoms with E-state index >= 15 is 0 Å². The molecule has 0 bridgehead atoms. The molecule has 106 valence electrons. The van der Waals surface area contributed by atoms with Crippen molar-refractivity contribution in [3.8, 4) is 0 Å². The SMILES string of the molecule is CN(Cc1ccc(F)c(B(O)O)c1)Cc1nccn1C. The Morgan fingerprint density at radius 1 is 1.35 bits per heavy atom. The fourth-order valence-electron chi connectivity index (χ4n) is 2.05. The van der Waals surface area contributed by atoms with Crippen molar-refractivity contribution < 1.29 is 14.4 Å². The number of hydrogen-bond acceptors (Lipinski definition) is 4. The first-order valence-corrected chi connectivity index (χ1v) is 6.26. The lowest BCUT2D eigenvalue weighted by Crippen LogP contribution is -2.33. The molecule has 0 aliphatic heterocycles. The average molecular weight is 277 g/mol. The molecule has 0 fully saturated rings. The number of imidazole rings is 1. The molecule has 2 N–H and O–H groups in total. The molecule has 1 aromatic heterocycles. The van der Waals surface area contributed by atoms with Gasteiger partial charge in [-0.1, -0.05) is 12.1 Å². The van der Waals surface area contributed by atoms with Crippen LogP contribution in [0.3, 0.4) is 0 Å². The first kappa shape index (κ1) is 14.7. The predicted molar refractivity (Wildman–Crippen MR) is 74.6 cm³/mol. The Balaban J connectivity index is 2.06. The maximum atomic E-state index is 13.4. The second-order valence-corrected chi connectivity index (χ2v) is 4.86. The molecule has 0 saturated heterocycles. The van der Waals surface area contributed by atoms with E-state index in [0.29, 0.717) is 13.1 Å². The van der Waals surface area contributed by atoms with Gasteiger partial charge < -0.3 is 14.6 Å². The van der Waals surface area contributed by atoms with Crippen LogP contribution in [0.1, 0.15) is 11.4 Å². The summed E-state index contributed by atoms with van der Waals surface area (Å²) in [5, 5.41) is 18.2. The lowest BCUT2D eigenvalue weighted by atomic mass is 9.79. The fraction of sp³-hybridized carbons (Fsp3) is 0.308. The van der Waals surface area contributed by atoms with Gasteiger partial charge in [0, 0.05) is 31.4 Å². The van der Waals surface area contributed by atoms with Gasteiger partial charge in [0.15, 0.2) is 0 Å². The van der Waals surface area contributed by atoms with Crippen LogP contribution in [0.25, 0.3) is 0 Å². The number of benzene rings is 1. The Hall–Kier alpha value is -1.70. The van der Waals surface area contributed by atoms with E-state index in [1.807, 2.05) is 29.8 Å². The molecule has 1 heterocycles. The van der Waals surface area contributed by atoms with Crippen LogP contribution in [0.15, 0.2) is 30.6 Å². The summed E-state index contributed by atoms with van der Waals surface area (Å²) in [6.45, 7) is 1.21. The summed E-state index contributed by atoms with van der Waals surface area (Å²) in [4.78, 5) is 6.26. The molecule has 5 nitrogen and oxygen atoms in total. The van der Waals surface area contributed by atoms with Crippen molar-refractivity contribution >= 4 is 12.6 Å². The van der Waals surface area contributed by atoms with Gasteiger partial charge in [0.2, 0.25) is 0 Å². The van der Waals surface area contributed by atoms with Crippen molar-refractivity contribution in [2.24, 2.45) is 7.05 Å². The Labute approximate surface area is 117 Å². The molecule has 0 unspecified atom stereocenters. The monoisotopic (exact) mass is 277 g/mol. The van der Waals surface area contributed by atoms with E-state index in [1.54, 1.807) is 12.3 Å². The molecule has 2 aromatic rings. The number of aryl methyl sites for hydroxylation is 1. The molecule has 0 saturated carbocycles. The normalized spacial score (nSPS) is 11.1. The third kappa shape index (κ3) is 3.44. The van der Waals surface area contributed by atoms with Gasteiger partial charge in [-0.25, -0.2) is 9.37 Å². The Kier molecular flexibility index (Phi) is 4.54. The van der Waals surface area contributed by atoms with Crippen molar-refractivity contribution in [3.63, 3.8) is 0 Å². The number of hydrogen-bond donors (Lipinski definition) is 2. The van der Waals surface area contributed by atoms with Crippen LogP contribution >= 0.6 is 0 Å². The highest BCUT2D eigenvalue weighted by molar-refractivity contribution is 6.58. The zero-order chi connectivity index (χ0) is 14.7. The molecular formula is C13H17BFN3O2. The van der Waals surface area contributed by atoms with E-state index in [0.717, 1.165) is 11.4 Å². The molecule has 0 amide bonds. The highest BCUT2D eigenvalue weighted by atomic mass is 19.1. The maximum absolute atomic E-state index is 13.4. The highest BCUT2D eigenvalue weighted by Crippen LogP contribution is 2.07. The fourth-order valence-corrected chi connectivity index (χ4v) is 2.05. The number of halogens is 1. The molecule has 0 atom stereocenters.